The fourth-order valence-corrected chi connectivity index (χ4v) is 0.749. The number of hydrogen-bond acceptors (Lipinski definition) is 3. The minimum Gasteiger partial charge on any atom is -0.480 e. The van der Waals surface area contributed by atoms with E-state index in [2.05, 4.69) is 5.32 Å². The second-order valence-electron chi connectivity index (χ2n) is 3.38. The van der Waals surface area contributed by atoms with Crippen molar-refractivity contribution in [3.63, 3.8) is 0 Å². The molecule has 0 aromatic rings. The first kappa shape index (κ1) is 13.7. The Morgan fingerprint density at radius 1 is 1.47 bits per heavy atom. The zero-order valence-corrected chi connectivity index (χ0v) is 9.32. The molecule has 0 rings (SSSR count). The second kappa shape index (κ2) is 7.05. The van der Waals surface area contributed by atoms with Gasteiger partial charge in [-0.05, 0) is 13.8 Å². The molecule has 15 heavy (non-hydrogen) atoms. The Kier molecular flexibility index (Phi) is 6.44. The molecule has 0 fully saturated rings. The van der Waals surface area contributed by atoms with Gasteiger partial charge < -0.3 is 20.1 Å². The summed E-state index contributed by atoms with van der Waals surface area (Å²) in [6.07, 6.45) is 0. The second-order valence-corrected chi connectivity index (χ2v) is 3.38. The first-order chi connectivity index (χ1) is 6.95. The molecule has 0 radical (unpaired) electrons. The molecule has 0 spiro atoms. The average molecular weight is 218 g/mol. The molecule has 0 aromatic heterocycles. The Labute approximate surface area is 89.2 Å². The number of carbonyl (C=O) groups is 2. The minimum atomic E-state index is -1.01. The third kappa shape index (κ3) is 6.73. The number of nitrogens with one attached hydrogen (secondary N) is 1. The van der Waals surface area contributed by atoms with Gasteiger partial charge in [0.1, 0.15) is 6.61 Å². The van der Waals surface area contributed by atoms with E-state index >= 15 is 0 Å². The highest BCUT2D eigenvalue weighted by Gasteiger charge is 2.10. The topological polar surface area (TPSA) is 78.9 Å². The number of aliphatic carboxylic acids is 1. The third-order valence-electron chi connectivity index (χ3n) is 1.84. The van der Waals surface area contributed by atoms with Crippen LogP contribution in [0, 0.1) is 0 Å². The molecule has 6 nitrogen and oxygen atoms in total. The van der Waals surface area contributed by atoms with Crippen molar-refractivity contribution >= 4 is 12.0 Å². The van der Waals surface area contributed by atoms with Gasteiger partial charge in [-0.3, -0.25) is 0 Å². The van der Waals surface area contributed by atoms with Crippen molar-refractivity contribution in [1.29, 1.82) is 0 Å². The predicted molar refractivity (Wildman–Crippen MR) is 54.8 cm³/mol. The molecule has 0 aliphatic carbocycles. The highest BCUT2D eigenvalue weighted by molar-refractivity contribution is 5.74. The van der Waals surface area contributed by atoms with Crippen LogP contribution in [0.5, 0.6) is 0 Å². The van der Waals surface area contributed by atoms with Crippen LogP contribution in [0.1, 0.15) is 13.8 Å². The summed E-state index contributed by atoms with van der Waals surface area (Å²) in [6, 6.07) is -0.0612. The van der Waals surface area contributed by atoms with Gasteiger partial charge in [0.05, 0.1) is 6.61 Å². The molecule has 0 saturated heterocycles. The van der Waals surface area contributed by atoms with Crippen molar-refractivity contribution in [2.45, 2.75) is 19.9 Å². The number of urea groups is 1. The van der Waals surface area contributed by atoms with Crippen LogP contribution in [0.4, 0.5) is 4.79 Å². The maximum Gasteiger partial charge on any atom is 0.329 e. The fourth-order valence-electron chi connectivity index (χ4n) is 0.749. The van der Waals surface area contributed by atoms with Crippen LogP contribution in [-0.4, -0.2) is 54.9 Å². The molecule has 6 heteroatoms. The molecule has 0 unspecified atom stereocenters. The summed E-state index contributed by atoms with van der Waals surface area (Å²) in [4.78, 5) is 23.0. The van der Waals surface area contributed by atoms with Gasteiger partial charge >= 0.3 is 12.0 Å². The molecule has 0 saturated carbocycles. The molecular weight excluding hydrogens is 200 g/mol. The number of carboxylic acid groups (broad SMARTS) is 1. The maximum absolute atomic E-state index is 11.3. The average Bonchev–Trinajstić information content (AvgIpc) is 2.15. The lowest BCUT2D eigenvalue weighted by molar-refractivity contribution is -0.142. The number of ether oxygens (including phenoxy) is 1. The minimum absolute atomic E-state index is 0.130. The molecule has 88 valence electrons. The van der Waals surface area contributed by atoms with Gasteiger partial charge in [-0.25, -0.2) is 9.59 Å². The van der Waals surface area contributed by atoms with Crippen molar-refractivity contribution < 1.29 is 19.4 Å². The number of nitrogens with zero attached hydrogens (tertiary/aromatic N) is 1. The van der Waals surface area contributed by atoms with Crippen LogP contribution in [0.25, 0.3) is 0 Å². The number of rotatable bonds is 6. The van der Waals surface area contributed by atoms with Crippen LogP contribution in [0.3, 0.4) is 0 Å². The van der Waals surface area contributed by atoms with Gasteiger partial charge in [0.15, 0.2) is 0 Å². The smallest absolute Gasteiger partial charge is 0.329 e. The summed E-state index contributed by atoms with van der Waals surface area (Å²) in [5.41, 5.74) is 0. The zero-order chi connectivity index (χ0) is 11.8. The van der Waals surface area contributed by atoms with E-state index in [9.17, 15) is 9.59 Å². The molecule has 0 bridgehead atoms. The van der Waals surface area contributed by atoms with Crippen molar-refractivity contribution in [2.75, 3.05) is 26.8 Å². The number of carboxylic acids is 1. The first-order valence-electron chi connectivity index (χ1n) is 4.75. The van der Waals surface area contributed by atoms with E-state index in [-0.39, 0.29) is 25.3 Å². The lowest BCUT2D eigenvalue weighted by Crippen LogP contribution is -2.42. The third-order valence-corrected chi connectivity index (χ3v) is 1.84. The van der Waals surface area contributed by atoms with E-state index in [1.165, 1.54) is 0 Å². The highest BCUT2D eigenvalue weighted by Crippen LogP contribution is 1.92. The van der Waals surface area contributed by atoms with E-state index in [0.717, 1.165) is 0 Å². The molecule has 2 N–H and O–H groups in total. The Bertz CT molecular complexity index is 218. The highest BCUT2D eigenvalue weighted by atomic mass is 16.5. The predicted octanol–water partition coefficient (Wildman–Crippen LogP) is 0.137. The van der Waals surface area contributed by atoms with E-state index in [1.54, 1.807) is 11.9 Å². The molecule has 0 aliphatic rings. The van der Waals surface area contributed by atoms with Crippen LogP contribution in [0.2, 0.25) is 0 Å². The molecule has 0 aromatic carbocycles. The van der Waals surface area contributed by atoms with Crippen LogP contribution in [-0.2, 0) is 9.53 Å². The Hall–Kier alpha value is -1.30. The van der Waals surface area contributed by atoms with Crippen molar-refractivity contribution in [1.82, 2.24) is 10.2 Å². The molecular formula is C9H18N2O4. The van der Waals surface area contributed by atoms with E-state index in [1.807, 2.05) is 13.8 Å². The van der Waals surface area contributed by atoms with Gasteiger partial charge in [-0.1, -0.05) is 0 Å². The van der Waals surface area contributed by atoms with Crippen molar-refractivity contribution in [2.24, 2.45) is 0 Å². The molecule has 2 amide bonds. The summed E-state index contributed by atoms with van der Waals surface area (Å²) in [7, 11) is 1.69. The van der Waals surface area contributed by atoms with Gasteiger partial charge in [-0.15, -0.1) is 0 Å². The Morgan fingerprint density at radius 2 is 2.07 bits per heavy atom. The number of amides is 2. The molecule has 0 aliphatic heterocycles. The van der Waals surface area contributed by atoms with Crippen molar-refractivity contribution in [3.8, 4) is 0 Å². The Balaban J connectivity index is 3.51. The summed E-state index contributed by atoms with van der Waals surface area (Å²) < 4.78 is 4.75. The van der Waals surface area contributed by atoms with Gasteiger partial charge in [0.2, 0.25) is 0 Å². The lowest BCUT2D eigenvalue weighted by Gasteiger charge is -2.21. The SMILES string of the molecule is CC(C)N(C)C(=O)NCCOCC(=O)O. The number of hydrogen-bond donors (Lipinski definition) is 2. The van der Waals surface area contributed by atoms with E-state index < -0.39 is 5.97 Å². The largest absolute Gasteiger partial charge is 0.480 e. The fraction of sp³-hybridized carbons (Fsp3) is 0.778. The summed E-state index contributed by atoms with van der Waals surface area (Å²) in [6.45, 7) is 3.98. The van der Waals surface area contributed by atoms with E-state index in [4.69, 9.17) is 9.84 Å². The van der Waals surface area contributed by atoms with Gasteiger partial charge in [0.25, 0.3) is 0 Å². The first-order valence-corrected chi connectivity index (χ1v) is 4.75. The zero-order valence-electron chi connectivity index (χ0n) is 9.32. The van der Waals surface area contributed by atoms with Gasteiger partial charge in [-0.2, -0.15) is 0 Å². The van der Waals surface area contributed by atoms with Crippen LogP contribution < -0.4 is 5.32 Å². The molecule has 0 heterocycles. The van der Waals surface area contributed by atoms with Crippen molar-refractivity contribution in [3.05, 3.63) is 0 Å². The molecule has 0 atom stereocenters. The monoisotopic (exact) mass is 218 g/mol. The summed E-state index contributed by atoms with van der Waals surface area (Å²) >= 11 is 0. The van der Waals surface area contributed by atoms with Crippen LogP contribution in [0.15, 0.2) is 0 Å². The van der Waals surface area contributed by atoms with Crippen LogP contribution >= 0.6 is 0 Å². The lowest BCUT2D eigenvalue weighted by atomic mass is 10.4. The standard InChI is InChI=1S/C9H18N2O4/c1-7(2)11(3)9(14)10-4-5-15-6-8(12)13/h7H,4-6H2,1-3H3,(H,10,14)(H,12,13). The summed E-state index contributed by atoms with van der Waals surface area (Å²) in [5, 5.41) is 10.9. The Morgan fingerprint density at radius 3 is 2.53 bits per heavy atom. The normalized spacial score (nSPS) is 10.1. The van der Waals surface area contributed by atoms with E-state index in [0.29, 0.717) is 6.54 Å². The maximum atomic E-state index is 11.3. The summed E-state index contributed by atoms with van der Waals surface area (Å²) in [5.74, 6) is -1.01. The number of carbonyl (C=O) groups excluding carboxylic acids is 1. The quantitative estimate of drug-likeness (QED) is 0.621. The van der Waals surface area contributed by atoms with Gasteiger partial charge in [0, 0.05) is 19.6 Å².